The molecule has 2 aromatic rings. The number of nitrogens with one attached hydrogen (secondary N) is 2. The lowest BCUT2D eigenvalue weighted by Crippen LogP contribution is -2.45. The molecule has 3 amide bonds. The summed E-state index contributed by atoms with van der Waals surface area (Å²) in [5.74, 6) is -0.412. The molecule has 0 spiro atoms. The van der Waals surface area contributed by atoms with E-state index in [1.807, 2.05) is 13.8 Å². The Morgan fingerprint density at radius 1 is 1.24 bits per heavy atom. The van der Waals surface area contributed by atoms with Crippen molar-refractivity contribution in [2.45, 2.75) is 45.6 Å². The van der Waals surface area contributed by atoms with E-state index in [1.165, 1.54) is 4.90 Å². The first-order valence-electron chi connectivity index (χ1n) is 11.0. The van der Waals surface area contributed by atoms with Gasteiger partial charge in [-0.05, 0) is 43.9 Å². The summed E-state index contributed by atoms with van der Waals surface area (Å²) in [4.78, 5) is 39.7. The molecule has 0 unspecified atom stereocenters. The first-order valence-corrected chi connectivity index (χ1v) is 11.4. The predicted octanol–water partition coefficient (Wildman–Crippen LogP) is 3.00. The van der Waals surface area contributed by atoms with Crippen molar-refractivity contribution < 1.29 is 23.6 Å². The smallest absolute Gasteiger partial charge is 0.292 e. The van der Waals surface area contributed by atoms with Crippen LogP contribution in [-0.4, -0.2) is 60.1 Å². The van der Waals surface area contributed by atoms with Gasteiger partial charge in [0, 0.05) is 24.2 Å². The Hall–Kier alpha value is -3.07. The molecule has 178 valence electrons. The zero-order chi connectivity index (χ0) is 24.0. The van der Waals surface area contributed by atoms with Gasteiger partial charge in [-0.1, -0.05) is 30.6 Å². The first-order chi connectivity index (χ1) is 15.7. The van der Waals surface area contributed by atoms with E-state index in [-0.39, 0.29) is 42.7 Å². The van der Waals surface area contributed by atoms with Crippen molar-refractivity contribution in [1.29, 1.82) is 0 Å². The number of carbonyl (C=O) groups is 3. The Morgan fingerprint density at radius 3 is 2.76 bits per heavy atom. The largest absolute Gasteiger partial charge is 0.491 e. The molecule has 1 aliphatic rings. The Bertz CT molecular complexity index is 1010. The van der Waals surface area contributed by atoms with E-state index >= 15 is 0 Å². The number of rotatable bonds is 2. The molecule has 0 aliphatic carbocycles. The number of fused-ring (bicyclic) bond motifs is 1. The van der Waals surface area contributed by atoms with E-state index in [9.17, 15) is 14.4 Å². The fourth-order valence-electron chi connectivity index (χ4n) is 3.35. The highest BCUT2D eigenvalue weighted by atomic mass is 35.5. The molecule has 0 fully saturated rings. The monoisotopic (exact) mass is 476 g/mol. The summed E-state index contributed by atoms with van der Waals surface area (Å²) < 4.78 is 11.0. The number of hydrogen-bond donors (Lipinski definition) is 2. The van der Waals surface area contributed by atoms with Crippen LogP contribution in [0.1, 0.15) is 66.1 Å². The molecule has 0 bridgehead atoms. The number of amides is 3. The van der Waals surface area contributed by atoms with Crippen LogP contribution in [0.25, 0.3) is 0 Å². The van der Waals surface area contributed by atoms with Gasteiger partial charge in [0.2, 0.25) is 11.7 Å². The average Bonchev–Trinajstić information content (AvgIpc) is 3.26. The quantitative estimate of drug-likeness (QED) is 0.688. The molecular formula is C23H29ClN4O5. The molecule has 3 rings (SSSR count). The molecule has 0 radical (unpaired) electrons. The molecule has 1 atom stereocenters. The number of aromatic nitrogens is 1. The van der Waals surface area contributed by atoms with Gasteiger partial charge < -0.3 is 24.8 Å². The van der Waals surface area contributed by atoms with Crippen molar-refractivity contribution in [1.82, 2.24) is 20.7 Å². The fourth-order valence-corrected chi connectivity index (χ4v) is 3.52. The van der Waals surface area contributed by atoms with Crippen LogP contribution in [0.2, 0.25) is 5.02 Å². The van der Waals surface area contributed by atoms with E-state index in [2.05, 4.69) is 15.8 Å². The number of halogens is 1. The summed E-state index contributed by atoms with van der Waals surface area (Å²) in [5.41, 5.74) is 1.01. The van der Waals surface area contributed by atoms with Crippen molar-refractivity contribution in [3.05, 3.63) is 46.3 Å². The minimum absolute atomic E-state index is 0.0985. The second-order valence-corrected chi connectivity index (χ2v) is 8.82. The van der Waals surface area contributed by atoms with Crippen molar-refractivity contribution in [2.75, 3.05) is 26.2 Å². The van der Waals surface area contributed by atoms with E-state index < -0.39 is 5.91 Å². The molecule has 1 aromatic carbocycles. The number of hydrogen-bond acceptors (Lipinski definition) is 6. The van der Waals surface area contributed by atoms with Gasteiger partial charge in [-0.25, -0.2) is 0 Å². The maximum atomic E-state index is 13.0. The highest BCUT2D eigenvalue weighted by Crippen LogP contribution is 2.23. The van der Waals surface area contributed by atoms with E-state index in [0.29, 0.717) is 48.0 Å². The molecule has 9 nitrogen and oxygen atoms in total. The Kier molecular flexibility index (Phi) is 8.32. The van der Waals surface area contributed by atoms with Gasteiger partial charge in [-0.3, -0.25) is 14.4 Å². The lowest BCUT2D eigenvalue weighted by molar-refractivity contribution is -0.122. The van der Waals surface area contributed by atoms with Crippen LogP contribution in [0, 0.1) is 0 Å². The lowest BCUT2D eigenvalue weighted by atomic mass is 10.1. The minimum Gasteiger partial charge on any atom is -0.491 e. The Morgan fingerprint density at radius 2 is 2.03 bits per heavy atom. The van der Waals surface area contributed by atoms with Crippen molar-refractivity contribution in [3.63, 3.8) is 0 Å². The summed E-state index contributed by atoms with van der Waals surface area (Å²) in [6.45, 7) is 6.42. The number of benzene rings is 1. The summed E-state index contributed by atoms with van der Waals surface area (Å²) in [6, 6.07) is 6.08. The summed E-state index contributed by atoms with van der Waals surface area (Å²) in [5, 5.41) is 10.0. The number of ether oxygens (including phenoxy) is 1. The van der Waals surface area contributed by atoms with E-state index in [4.69, 9.17) is 20.9 Å². The second kappa shape index (κ2) is 11.2. The van der Waals surface area contributed by atoms with Crippen LogP contribution in [0.3, 0.4) is 0 Å². The van der Waals surface area contributed by atoms with Crippen LogP contribution >= 0.6 is 11.6 Å². The molecule has 10 heteroatoms. The number of carbonyl (C=O) groups excluding carboxylic acids is 3. The van der Waals surface area contributed by atoms with Gasteiger partial charge in [0.25, 0.3) is 11.8 Å². The SMILES string of the molecule is CC(C)c1cc(C(=O)N2CCCCNC(=O)c3cc(Cl)ccc3OC[C@H](C)NC(=O)C2)on1. The normalized spacial score (nSPS) is 18.5. The molecule has 2 heterocycles. The zero-order valence-electron chi connectivity index (χ0n) is 19.0. The van der Waals surface area contributed by atoms with Crippen LogP contribution in [0.15, 0.2) is 28.8 Å². The van der Waals surface area contributed by atoms with Crippen molar-refractivity contribution in [2.24, 2.45) is 0 Å². The van der Waals surface area contributed by atoms with Gasteiger partial charge in [0.05, 0.1) is 23.8 Å². The third kappa shape index (κ3) is 6.71. The van der Waals surface area contributed by atoms with Crippen LogP contribution in [0.4, 0.5) is 0 Å². The minimum atomic E-state index is -0.399. The standard InChI is InChI=1S/C23H29ClN4O5/c1-14(2)18-11-20(33-27-18)23(31)28-9-5-4-8-25-22(30)17-10-16(24)6-7-19(17)32-13-15(3)26-21(29)12-28/h6-7,10-11,14-15H,4-5,8-9,12-13H2,1-3H3,(H,25,30)(H,26,29)/t15-/m0/s1. The molecule has 1 aliphatic heterocycles. The molecule has 1 aromatic heterocycles. The molecule has 33 heavy (non-hydrogen) atoms. The molecule has 0 saturated heterocycles. The van der Waals surface area contributed by atoms with Crippen LogP contribution in [0.5, 0.6) is 5.75 Å². The van der Waals surface area contributed by atoms with E-state index in [0.717, 1.165) is 0 Å². The maximum Gasteiger partial charge on any atom is 0.292 e. The van der Waals surface area contributed by atoms with Gasteiger partial charge in [0.15, 0.2) is 0 Å². The Labute approximate surface area is 197 Å². The summed E-state index contributed by atoms with van der Waals surface area (Å²) in [7, 11) is 0. The second-order valence-electron chi connectivity index (χ2n) is 8.38. The molecular weight excluding hydrogens is 448 g/mol. The van der Waals surface area contributed by atoms with Gasteiger partial charge in [-0.2, -0.15) is 0 Å². The van der Waals surface area contributed by atoms with Crippen molar-refractivity contribution in [3.8, 4) is 5.75 Å². The molecule has 2 N–H and O–H groups in total. The van der Waals surface area contributed by atoms with Gasteiger partial charge in [-0.15, -0.1) is 0 Å². The van der Waals surface area contributed by atoms with Crippen LogP contribution < -0.4 is 15.4 Å². The number of nitrogens with zero attached hydrogens (tertiary/aromatic N) is 2. The molecule has 0 saturated carbocycles. The summed E-state index contributed by atoms with van der Waals surface area (Å²) >= 11 is 6.06. The third-order valence-electron chi connectivity index (χ3n) is 5.18. The third-order valence-corrected chi connectivity index (χ3v) is 5.41. The summed E-state index contributed by atoms with van der Waals surface area (Å²) in [6.07, 6.45) is 1.19. The zero-order valence-corrected chi connectivity index (χ0v) is 19.8. The van der Waals surface area contributed by atoms with Crippen LogP contribution in [-0.2, 0) is 4.79 Å². The topological polar surface area (TPSA) is 114 Å². The maximum absolute atomic E-state index is 13.0. The Balaban J connectivity index is 1.75. The van der Waals surface area contributed by atoms with Crippen molar-refractivity contribution >= 4 is 29.3 Å². The van der Waals surface area contributed by atoms with Gasteiger partial charge >= 0.3 is 0 Å². The highest BCUT2D eigenvalue weighted by Gasteiger charge is 2.24. The predicted molar refractivity (Wildman–Crippen MR) is 123 cm³/mol. The lowest BCUT2D eigenvalue weighted by Gasteiger charge is -2.22. The first kappa shape index (κ1) is 24.6. The van der Waals surface area contributed by atoms with Gasteiger partial charge in [0.1, 0.15) is 12.4 Å². The van der Waals surface area contributed by atoms with E-state index in [1.54, 1.807) is 31.2 Å². The average molecular weight is 477 g/mol. The highest BCUT2D eigenvalue weighted by molar-refractivity contribution is 6.31. The fraction of sp³-hybridized carbons (Fsp3) is 0.478.